The van der Waals surface area contributed by atoms with Gasteiger partial charge in [0.2, 0.25) is 0 Å². The second-order valence-corrected chi connectivity index (χ2v) is 7.82. The number of aromatic amines is 1. The Labute approximate surface area is 143 Å². The molecule has 0 atom stereocenters. The molecule has 24 heavy (non-hydrogen) atoms. The predicted molar refractivity (Wildman–Crippen MR) is 102 cm³/mol. The molecule has 3 rings (SSSR count). The second kappa shape index (κ2) is 5.62. The van der Waals surface area contributed by atoms with Crippen molar-refractivity contribution in [1.29, 1.82) is 0 Å². The molecule has 1 aromatic heterocycles. The number of carbonyl (C=O) groups excluding carboxylic acids is 1. The fraction of sp³-hybridized carbons (Fsp3) is 0.318. The lowest BCUT2D eigenvalue weighted by Crippen LogP contribution is -2.12. The highest BCUT2D eigenvalue weighted by atomic mass is 16.1. The standard InChI is InChI=1S/C22H25NO/c1-13-7-8-17-18(9-13)21(23-19(17)12-24)20-14(2)10-16(11-15(20)3)22(4,5)6/h7-12,23H,1-6H3. The summed E-state index contributed by atoms with van der Waals surface area (Å²) in [5.41, 5.74) is 8.03. The highest BCUT2D eigenvalue weighted by Crippen LogP contribution is 2.37. The molecule has 0 fully saturated rings. The summed E-state index contributed by atoms with van der Waals surface area (Å²) >= 11 is 0. The summed E-state index contributed by atoms with van der Waals surface area (Å²) in [6.45, 7) is 13.1. The quantitative estimate of drug-likeness (QED) is 0.589. The van der Waals surface area contributed by atoms with E-state index in [2.05, 4.69) is 70.8 Å². The van der Waals surface area contributed by atoms with Gasteiger partial charge in [0.15, 0.2) is 6.29 Å². The monoisotopic (exact) mass is 319 g/mol. The average molecular weight is 319 g/mol. The molecule has 2 aromatic carbocycles. The Morgan fingerprint density at radius 2 is 1.54 bits per heavy atom. The maximum Gasteiger partial charge on any atom is 0.166 e. The van der Waals surface area contributed by atoms with Crippen LogP contribution in [0.2, 0.25) is 0 Å². The molecular weight excluding hydrogens is 294 g/mol. The van der Waals surface area contributed by atoms with Gasteiger partial charge in [-0.15, -0.1) is 0 Å². The number of aryl methyl sites for hydroxylation is 3. The molecule has 0 saturated heterocycles. The number of nitrogens with one attached hydrogen (secondary N) is 1. The molecule has 2 heteroatoms. The molecule has 0 saturated carbocycles. The minimum absolute atomic E-state index is 0.121. The molecule has 0 aliphatic heterocycles. The highest BCUT2D eigenvalue weighted by Gasteiger charge is 2.19. The van der Waals surface area contributed by atoms with E-state index in [9.17, 15) is 4.79 Å². The van der Waals surface area contributed by atoms with Crippen molar-refractivity contribution in [3.8, 4) is 11.3 Å². The lowest BCUT2D eigenvalue weighted by molar-refractivity contribution is 0.112. The highest BCUT2D eigenvalue weighted by molar-refractivity contribution is 6.05. The number of hydrogen-bond acceptors (Lipinski definition) is 1. The molecule has 0 aliphatic rings. The summed E-state index contributed by atoms with van der Waals surface area (Å²) < 4.78 is 0. The fourth-order valence-corrected chi connectivity index (χ4v) is 3.45. The lowest BCUT2D eigenvalue weighted by Gasteiger charge is -2.22. The molecule has 0 spiro atoms. The van der Waals surface area contributed by atoms with Crippen LogP contribution in [0, 0.1) is 20.8 Å². The van der Waals surface area contributed by atoms with Gasteiger partial charge in [-0.3, -0.25) is 4.79 Å². The Hall–Kier alpha value is -2.35. The van der Waals surface area contributed by atoms with Crippen LogP contribution in [0.5, 0.6) is 0 Å². The van der Waals surface area contributed by atoms with Crippen LogP contribution in [0.4, 0.5) is 0 Å². The number of H-pyrrole nitrogens is 1. The van der Waals surface area contributed by atoms with E-state index >= 15 is 0 Å². The van der Waals surface area contributed by atoms with Crippen LogP contribution in [0.25, 0.3) is 22.0 Å². The zero-order chi connectivity index (χ0) is 17.6. The van der Waals surface area contributed by atoms with Crippen molar-refractivity contribution in [2.24, 2.45) is 0 Å². The largest absolute Gasteiger partial charge is 0.351 e. The van der Waals surface area contributed by atoms with E-state index in [1.54, 1.807) is 0 Å². The van der Waals surface area contributed by atoms with Crippen molar-refractivity contribution >= 4 is 17.1 Å². The first-order chi connectivity index (χ1) is 11.2. The number of benzene rings is 2. The summed E-state index contributed by atoms with van der Waals surface area (Å²) in [7, 11) is 0. The van der Waals surface area contributed by atoms with E-state index in [0.717, 1.165) is 22.8 Å². The van der Waals surface area contributed by atoms with Crippen molar-refractivity contribution in [3.05, 3.63) is 58.3 Å². The molecular formula is C22H25NO. The van der Waals surface area contributed by atoms with Crippen molar-refractivity contribution in [2.75, 3.05) is 0 Å². The van der Waals surface area contributed by atoms with Crippen molar-refractivity contribution in [1.82, 2.24) is 4.98 Å². The van der Waals surface area contributed by atoms with Crippen LogP contribution in [-0.4, -0.2) is 11.3 Å². The zero-order valence-corrected chi connectivity index (χ0v) is 15.4. The maximum atomic E-state index is 11.5. The molecule has 0 radical (unpaired) electrons. The zero-order valence-electron chi connectivity index (χ0n) is 15.4. The SMILES string of the molecule is Cc1ccc2c(C=O)[nH]c(-c3c(C)cc(C(C)(C)C)cc3C)c2c1. The van der Waals surface area contributed by atoms with Gasteiger partial charge in [-0.2, -0.15) is 0 Å². The van der Waals surface area contributed by atoms with E-state index in [1.165, 1.54) is 27.8 Å². The predicted octanol–water partition coefficient (Wildman–Crippen LogP) is 5.87. The Kier molecular flexibility index (Phi) is 3.87. The topological polar surface area (TPSA) is 32.9 Å². The first-order valence-corrected chi connectivity index (χ1v) is 8.42. The Morgan fingerprint density at radius 1 is 0.917 bits per heavy atom. The molecule has 2 nitrogen and oxygen atoms in total. The van der Waals surface area contributed by atoms with Gasteiger partial charge in [-0.05, 0) is 48.9 Å². The van der Waals surface area contributed by atoms with Crippen LogP contribution in [-0.2, 0) is 5.41 Å². The number of hydrogen-bond donors (Lipinski definition) is 1. The summed E-state index contributed by atoms with van der Waals surface area (Å²) in [4.78, 5) is 14.8. The van der Waals surface area contributed by atoms with Gasteiger partial charge in [-0.1, -0.05) is 50.6 Å². The third-order valence-electron chi connectivity index (χ3n) is 4.76. The van der Waals surface area contributed by atoms with Gasteiger partial charge in [0.05, 0.1) is 11.4 Å². The molecule has 0 unspecified atom stereocenters. The molecule has 0 bridgehead atoms. The van der Waals surface area contributed by atoms with Gasteiger partial charge >= 0.3 is 0 Å². The molecule has 124 valence electrons. The Morgan fingerprint density at radius 3 is 2.08 bits per heavy atom. The van der Waals surface area contributed by atoms with Crippen LogP contribution >= 0.6 is 0 Å². The minimum Gasteiger partial charge on any atom is -0.351 e. The van der Waals surface area contributed by atoms with Gasteiger partial charge in [0.1, 0.15) is 0 Å². The van der Waals surface area contributed by atoms with E-state index < -0.39 is 0 Å². The first-order valence-electron chi connectivity index (χ1n) is 8.42. The first kappa shape index (κ1) is 16.5. The summed E-state index contributed by atoms with van der Waals surface area (Å²) in [5.74, 6) is 0. The number of aromatic nitrogens is 1. The smallest absolute Gasteiger partial charge is 0.166 e. The van der Waals surface area contributed by atoms with E-state index in [0.29, 0.717) is 5.69 Å². The third-order valence-corrected chi connectivity index (χ3v) is 4.76. The normalized spacial score (nSPS) is 11.9. The molecule has 1 heterocycles. The van der Waals surface area contributed by atoms with Crippen molar-refractivity contribution in [3.63, 3.8) is 0 Å². The van der Waals surface area contributed by atoms with Crippen molar-refractivity contribution < 1.29 is 4.79 Å². The minimum atomic E-state index is 0.121. The number of carbonyl (C=O) groups is 1. The number of fused-ring (bicyclic) bond motifs is 1. The van der Waals surface area contributed by atoms with E-state index in [4.69, 9.17) is 0 Å². The van der Waals surface area contributed by atoms with Crippen LogP contribution in [0.1, 0.15) is 53.5 Å². The molecule has 0 aliphatic carbocycles. The second-order valence-electron chi connectivity index (χ2n) is 7.82. The molecule has 1 N–H and O–H groups in total. The van der Waals surface area contributed by atoms with Crippen LogP contribution in [0.3, 0.4) is 0 Å². The lowest BCUT2D eigenvalue weighted by atomic mass is 9.83. The fourth-order valence-electron chi connectivity index (χ4n) is 3.45. The summed E-state index contributed by atoms with van der Waals surface area (Å²) in [5, 5.41) is 2.11. The van der Waals surface area contributed by atoms with E-state index in [-0.39, 0.29) is 5.41 Å². The number of aldehydes is 1. The summed E-state index contributed by atoms with van der Waals surface area (Å²) in [6.07, 6.45) is 0.912. The van der Waals surface area contributed by atoms with Gasteiger partial charge in [-0.25, -0.2) is 0 Å². The summed E-state index contributed by atoms with van der Waals surface area (Å²) in [6, 6.07) is 10.8. The molecule has 3 aromatic rings. The third kappa shape index (κ3) is 2.66. The van der Waals surface area contributed by atoms with E-state index in [1.807, 2.05) is 6.07 Å². The number of rotatable bonds is 2. The van der Waals surface area contributed by atoms with Gasteiger partial charge < -0.3 is 4.98 Å². The van der Waals surface area contributed by atoms with Crippen LogP contribution < -0.4 is 0 Å². The van der Waals surface area contributed by atoms with Gasteiger partial charge in [0.25, 0.3) is 0 Å². The van der Waals surface area contributed by atoms with Crippen LogP contribution in [0.15, 0.2) is 30.3 Å². The maximum absolute atomic E-state index is 11.5. The van der Waals surface area contributed by atoms with Gasteiger partial charge in [0, 0.05) is 16.3 Å². The Balaban J connectivity index is 2.32. The van der Waals surface area contributed by atoms with Crippen molar-refractivity contribution in [2.45, 2.75) is 47.0 Å². The molecule has 0 amide bonds. The Bertz CT molecular complexity index is 915. The average Bonchev–Trinajstić information content (AvgIpc) is 2.83.